The normalized spacial score (nSPS) is 15.2. The highest BCUT2D eigenvalue weighted by atomic mass is 14.8. The molecule has 0 heterocycles. The maximum Gasteiger partial charge on any atom is 0.0218 e. The Labute approximate surface area is 119 Å². The Morgan fingerprint density at radius 1 is 0.895 bits per heavy atom. The second-order valence-electron chi connectivity index (χ2n) is 6.57. The van der Waals surface area contributed by atoms with Crippen LogP contribution >= 0.6 is 0 Å². The van der Waals surface area contributed by atoms with Gasteiger partial charge in [0, 0.05) is 11.0 Å². The summed E-state index contributed by atoms with van der Waals surface area (Å²) in [4.78, 5) is 0. The first-order valence-corrected chi connectivity index (χ1v) is 7.76. The van der Waals surface area contributed by atoms with Gasteiger partial charge in [0.1, 0.15) is 0 Å². The van der Waals surface area contributed by atoms with Gasteiger partial charge in [-0.15, -0.1) is 0 Å². The van der Waals surface area contributed by atoms with Crippen molar-refractivity contribution in [2.75, 3.05) is 0 Å². The van der Waals surface area contributed by atoms with E-state index in [4.69, 9.17) is 5.73 Å². The first kappa shape index (κ1) is 16.2. The molecule has 108 valence electrons. The van der Waals surface area contributed by atoms with E-state index < -0.39 is 0 Å². The fourth-order valence-corrected chi connectivity index (χ4v) is 2.59. The van der Waals surface area contributed by atoms with Crippen LogP contribution in [0.1, 0.15) is 71.8 Å². The molecule has 0 aromatic heterocycles. The molecule has 0 radical (unpaired) electrons. The van der Waals surface area contributed by atoms with E-state index in [0.717, 1.165) is 6.42 Å². The molecule has 2 N–H and O–H groups in total. The molecule has 1 nitrogen and oxygen atoms in total. The van der Waals surface area contributed by atoms with Gasteiger partial charge >= 0.3 is 0 Å². The fraction of sp³-hybridized carbons (Fsp3) is 0.667. The molecular weight excluding hydrogens is 230 g/mol. The molecule has 1 rings (SSSR count). The summed E-state index contributed by atoms with van der Waals surface area (Å²) >= 11 is 0. The maximum absolute atomic E-state index is 6.64. The van der Waals surface area contributed by atoms with Crippen LogP contribution in [0.5, 0.6) is 0 Å². The van der Waals surface area contributed by atoms with Crippen LogP contribution in [0.15, 0.2) is 30.3 Å². The Morgan fingerprint density at radius 2 is 1.47 bits per heavy atom. The van der Waals surface area contributed by atoms with Crippen LogP contribution in [-0.4, -0.2) is 5.54 Å². The van der Waals surface area contributed by atoms with E-state index in [-0.39, 0.29) is 11.0 Å². The second kappa shape index (κ2) is 7.09. The quantitative estimate of drug-likeness (QED) is 0.652. The van der Waals surface area contributed by atoms with Gasteiger partial charge in [-0.25, -0.2) is 0 Å². The monoisotopic (exact) mass is 261 g/mol. The SMILES string of the molecule is CCCCCCCC(C)(N)C(C)(C)c1ccccc1. The van der Waals surface area contributed by atoms with Crippen molar-refractivity contribution >= 4 is 0 Å². The first-order chi connectivity index (χ1) is 8.92. The highest BCUT2D eigenvalue weighted by molar-refractivity contribution is 5.28. The van der Waals surface area contributed by atoms with Crippen LogP contribution in [0.25, 0.3) is 0 Å². The Morgan fingerprint density at radius 3 is 2.05 bits per heavy atom. The topological polar surface area (TPSA) is 26.0 Å². The Balaban J connectivity index is 2.60. The van der Waals surface area contributed by atoms with Gasteiger partial charge in [0.2, 0.25) is 0 Å². The van der Waals surface area contributed by atoms with Gasteiger partial charge in [-0.2, -0.15) is 0 Å². The van der Waals surface area contributed by atoms with Crippen molar-refractivity contribution < 1.29 is 0 Å². The summed E-state index contributed by atoms with van der Waals surface area (Å²) < 4.78 is 0. The lowest BCUT2D eigenvalue weighted by Crippen LogP contribution is -2.52. The Kier molecular flexibility index (Phi) is 6.06. The van der Waals surface area contributed by atoms with Crippen LogP contribution in [0, 0.1) is 0 Å². The van der Waals surface area contributed by atoms with Crippen molar-refractivity contribution in [3.05, 3.63) is 35.9 Å². The molecule has 0 bridgehead atoms. The van der Waals surface area contributed by atoms with Crippen LogP contribution < -0.4 is 5.73 Å². The standard InChI is InChI=1S/C18H31N/c1-5-6-7-8-12-15-18(4,19)17(2,3)16-13-10-9-11-14-16/h9-11,13-14H,5-8,12,15,19H2,1-4H3. The molecule has 0 amide bonds. The van der Waals surface area contributed by atoms with Gasteiger partial charge in [-0.3, -0.25) is 0 Å². The number of unbranched alkanes of at least 4 members (excludes halogenated alkanes) is 4. The molecule has 1 unspecified atom stereocenters. The predicted octanol–water partition coefficient (Wildman–Crippen LogP) is 5.04. The molecule has 0 aliphatic heterocycles. The zero-order valence-electron chi connectivity index (χ0n) is 13.2. The minimum Gasteiger partial charge on any atom is -0.325 e. The van der Waals surface area contributed by atoms with Crippen molar-refractivity contribution in [1.29, 1.82) is 0 Å². The van der Waals surface area contributed by atoms with Gasteiger partial charge in [-0.05, 0) is 18.9 Å². The van der Waals surface area contributed by atoms with Crippen LogP contribution in [0.2, 0.25) is 0 Å². The fourth-order valence-electron chi connectivity index (χ4n) is 2.59. The lowest BCUT2D eigenvalue weighted by molar-refractivity contribution is 0.253. The zero-order valence-corrected chi connectivity index (χ0v) is 13.2. The number of nitrogens with two attached hydrogens (primary N) is 1. The molecule has 1 aromatic rings. The average Bonchev–Trinajstić information content (AvgIpc) is 2.39. The zero-order chi connectivity index (χ0) is 14.4. The minimum absolute atomic E-state index is 0.0129. The number of hydrogen-bond donors (Lipinski definition) is 1. The summed E-state index contributed by atoms with van der Waals surface area (Å²) in [5.74, 6) is 0. The van der Waals surface area contributed by atoms with Crippen LogP contribution in [0.3, 0.4) is 0 Å². The van der Waals surface area contributed by atoms with E-state index in [1.54, 1.807) is 0 Å². The predicted molar refractivity (Wildman–Crippen MR) is 85.4 cm³/mol. The molecular formula is C18H31N. The molecule has 0 fully saturated rings. The molecule has 0 saturated heterocycles. The van der Waals surface area contributed by atoms with E-state index in [2.05, 4.69) is 58.0 Å². The van der Waals surface area contributed by atoms with E-state index in [0.29, 0.717) is 0 Å². The third-order valence-electron chi connectivity index (χ3n) is 4.72. The molecule has 1 aromatic carbocycles. The maximum atomic E-state index is 6.64. The molecule has 0 saturated carbocycles. The average molecular weight is 261 g/mol. The molecule has 19 heavy (non-hydrogen) atoms. The lowest BCUT2D eigenvalue weighted by Gasteiger charge is -2.42. The summed E-state index contributed by atoms with van der Waals surface area (Å²) in [5.41, 5.74) is 7.84. The number of rotatable bonds is 8. The lowest BCUT2D eigenvalue weighted by atomic mass is 9.67. The van der Waals surface area contributed by atoms with Gasteiger partial charge in [-0.1, -0.05) is 83.2 Å². The smallest absolute Gasteiger partial charge is 0.0218 e. The van der Waals surface area contributed by atoms with Gasteiger partial charge in [0.05, 0.1) is 0 Å². The van der Waals surface area contributed by atoms with Crippen molar-refractivity contribution in [3.8, 4) is 0 Å². The largest absolute Gasteiger partial charge is 0.325 e. The molecule has 0 spiro atoms. The van der Waals surface area contributed by atoms with Crippen molar-refractivity contribution in [2.45, 2.75) is 77.2 Å². The summed E-state index contributed by atoms with van der Waals surface area (Å²) in [6.45, 7) is 9.01. The Hall–Kier alpha value is -0.820. The second-order valence-corrected chi connectivity index (χ2v) is 6.57. The third-order valence-corrected chi connectivity index (χ3v) is 4.72. The van der Waals surface area contributed by atoms with Gasteiger partial charge in [0.15, 0.2) is 0 Å². The van der Waals surface area contributed by atoms with E-state index >= 15 is 0 Å². The summed E-state index contributed by atoms with van der Waals surface area (Å²) in [5, 5.41) is 0. The summed E-state index contributed by atoms with van der Waals surface area (Å²) in [7, 11) is 0. The van der Waals surface area contributed by atoms with E-state index in [1.807, 2.05) is 0 Å². The van der Waals surface area contributed by atoms with E-state index in [1.165, 1.54) is 37.7 Å². The molecule has 0 aliphatic rings. The Bertz CT molecular complexity index is 351. The highest BCUT2D eigenvalue weighted by Crippen LogP contribution is 2.36. The molecule has 1 atom stereocenters. The van der Waals surface area contributed by atoms with Crippen molar-refractivity contribution in [2.24, 2.45) is 5.73 Å². The first-order valence-electron chi connectivity index (χ1n) is 7.76. The number of hydrogen-bond acceptors (Lipinski definition) is 1. The highest BCUT2D eigenvalue weighted by Gasteiger charge is 2.38. The van der Waals surface area contributed by atoms with E-state index in [9.17, 15) is 0 Å². The van der Waals surface area contributed by atoms with Crippen molar-refractivity contribution in [1.82, 2.24) is 0 Å². The number of benzene rings is 1. The third kappa shape index (κ3) is 4.35. The molecule has 0 aliphatic carbocycles. The summed E-state index contributed by atoms with van der Waals surface area (Å²) in [6, 6.07) is 10.7. The van der Waals surface area contributed by atoms with Gasteiger partial charge in [0.25, 0.3) is 0 Å². The molecule has 1 heteroatoms. The van der Waals surface area contributed by atoms with Crippen LogP contribution in [-0.2, 0) is 5.41 Å². The van der Waals surface area contributed by atoms with Crippen molar-refractivity contribution in [3.63, 3.8) is 0 Å². The summed E-state index contributed by atoms with van der Waals surface area (Å²) in [6.07, 6.45) is 7.64. The van der Waals surface area contributed by atoms with Gasteiger partial charge < -0.3 is 5.73 Å². The minimum atomic E-state index is -0.152. The van der Waals surface area contributed by atoms with Crippen LogP contribution in [0.4, 0.5) is 0 Å².